The van der Waals surface area contributed by atoms with Crippen LogP contribution in [0.2, 0.25) is 0 Å². The van der Waals surface area contributed by atoms with Gasteiger partial charge in [-0.1, -0.05) is 0 Å². The fourth-order valence-electron chi connectivity index (χ4n) is 1.52. The zero-order chi connectivity index (χ0) is 17.9. The summed E-state index contributed by atoms with van der Waals surface area (Å²) in [4.78, 5) is 15.7. The fourth-order valence-corrected chi connectivity index (χ4v) is 2.17. The van der Waals surface area contributed by atoms with Gasteiger partial charge in [0.1, 0.15) is 15.4 Å². The molecule has 0 aromatic heterocycles. The van der Waals surface area contributed by atoms with Crippen LogP contribution in [0.4, 0.5) is 4.79 Å². The van der Waals surface area contributed by atoms with Gasteiger partial charge >= 0.3 is 6.09 Å². The van der Waals surface area contributed by atoms with E-state index < -0.39 is 21.5 Å². The normalized spacial score (nSPS) is 12.1. The van der Waals surface area contributed by atoms with Gasteiger partial charge in [-0.3, -0.25) is 4.99 Å². The van der Waals surface area contributed by atoms with Gasteiger partial charge in [-0.25, -0.2) is 13.2 Å². The van der Waals surface area contributed by atoms with Crippen LogP contribution in [-0.2, 0) is 14.6 Å². The largest absolute Gasteiger partial charge is 0.444 e. The molecule has 0 atom stereocenters. The minimum Gasteiger partial charge on any atom is -0.444 e. The highest BCUT2D eigenvalue weighted by atomic mass is 127. The Kier molecular flexibility index (Phi) is 13.3. The molecule has 0 spiro atoms. The first-order valence-electron chi connectivity index (χ1n) is 7.70. The molecule has 144 valence electrons. The van der Waals surface area contributed by atoms with Crippen molar-refractivity contribution in [3.8, 4) is 0 Å². The van der Waals surface area contributed by atoms with E-state index in [-0.39, 0.29) is 29.7 Å². The number of hydrogen-bond acceptors (Lipinski definition) is 5. The number of guanidine groups is 1. The number of nitrogens with one attached hydrogen (secondary N) is 3. The van der Waals surface area contributed by atoms with Crippen molar-refractivity contribution >= 4 is 45.9 Å². The lowest BCUT2D eigenvalue weighted by molar-refractivity contribution is 0.0529. The summed E-state index contributed by atoms with van der Waals surface area (Å²) in [6.07, 6.45) is 1.23. The maximum absolute atomic E-state index is 11.5. The molecule has 0 aromatic rings. The molecule has 0 aromatic carbocycles. The van der Waals surface area contributed by atoms with Crippen LogP contribution in [0.1, 0.15) is 34.1 Å². The minimum atomic E-state index is -2.95. The number of nitrogens with zero attached hydrogens (tertiary/aromatic N) is 1. The van der Waals surface area contributed by atoms with Gasteiger partial charge in [-0.2, -0.15) is 0 Å². The van der Waals surface area contributed by atoms with Crippen molar-refractivity contribution in [2.75, 3.05) is 38.2 Å². The predicted molar refractivity (Wildman–Crippen MR) is 108 cm³/mol. The third-order valence-electron chi connectivity index (χ3n) is 2.37. The molecule has 0 unspecified atom stereocenters. The molecule has 0 bridgehead atoms. The summed E-state index contributed by atoms with van der Waals surface area (Å²) in [6, 6.07) is 0. The lowest BCUT2D eigenvalue weighted by atomic mass is 10.2. The second-order valence-corrected chi connectivity index (χ2v) is 8.36. The molecule has 8 nitrogen and oxygen atoms in total. The van der Waals surface area contributed by atoms with E-state index in [2.05, 4.69) is 20.9 Å². The number of carbonyl (C=O) groups excluding carboxylic acids is 1. The molecular formula is C14H31IN4O4S. The van der Waals surface area contributed by atoms with Crippen LogP contribution in [-0.4, -0.2) is 64.3 Å². The summed E-state index contributed by atoms with van der Waals surface area (Å²) in [5.41, 5.74) is -0.520. The average molecular weight is 478 g/mol. The van der Waals surface area contributed by atoms with E-state index in [1.807, 2.05) is 6.92 Å². The maximum atomic E-state index is 11.5. The van der Waals surface area contributed by atoms with Gasteiger partial charge in [0.15, 0.2) is 5.96 Å². The smallest absolute Gasteiger partial charge is 0.407 e. The number of alkyl carbamates (subject to hydrolysis) is 1. The molecule has 0 aliphatic heterocycles. The molecule has 0 heterocycles. The maximum Gasteiger partial charge on any atom is 0.407 e. The Bertz CT molecular complexity index is 489. The van der Waals surface area contributed by atoms with E-state index in [1.165, 1.54) is 6.26 Å². The second-order valence-electron chi connectivity index (χ2n) is 6.10. The molecule has 0 rings (SSSR count). The third kappa shape index (κ3) is 17.6. The number of sulfone groups is 1. The summed E-state index contributed by atoms with van der Waals surface area (Å²) in [5.74, 6) is 0.711. The highest BCUT2D eigenvalue weighted by molar-refractivity contribution is 14.0. The molecule has 0 fully saturated rings. The quantitative estimate of drug-likeness (QED) is 0.209. The summed E-state index contributed by atoms with van der Waals surface area (Å²) >= 11 is 0. The molecule has 3 N–H and O–H groups in total. The number of ether oxygens (including phenoxy) is 1. The summed E-state index contributed by atoms with van der Waals surface area (Å²) in [5, 5.41) is 8.75. The number of amides is 1. The summed E-state index contributed by atoms with van der Waals surface area (Å²) in [7, 11) is -2.95. The first-order chi connectivity index (χ1) is 10.5. The number of aliphatic imine (C=N–C) groups is 1. The van der Waals surface area contributed by atoms with Gasteiger partial charge in [0.2, 0.25) is 0 Å². The van der Waals surface area contributed by atoms with Gasteiger partial charge in [0.25, 0.3) is 0 Å². The predicted octanol–water partition coefficient (Wildman–Crippen LogP) is 1.12. The molecule has 0 saturated carbocycles. The van der Waals surface area contributed by atoms with Crippen molar-refractivity contribution in [2.45, 2.75) is 39.7 Å². The van der Waals surface area contributed by atoms with Crippen LogP contribution in [0, 0.1) is 0 Å². The topological polar surface area (TPSA) is 109 Å². The van der Waals surface area contributed by atoms with E-state index in [0.29, 0.717) is 38.6 Å². The Labute approximate surface area is 162 Å². The fraction of sp³-hybridized carbons (Fsp3) is 0.857. The van der Waals surface area contributed by atoms with Crippen LogP contribution in [0.25, 0.3) is 0 Å². The Morgan fingerprint density at radius 3 is 2.21 bits per heavy atom. The molecule has 0 aliphatic rings. The number of carbonyl (C=O) groups is 1. The highest BCUT2D eigenvalue weighted by Crippen LogP contribution is 2.05. The molecule has 24 heavy (non-hydrogen) atoms. The van der Waals surface area contributed by atoms with Crippen molar-refractivity contribution in [2.24, 2.45) is 4.99 Å². The molecule has 0 aliphatic carbocycles. The Morgan fingerprint density at radius 2 is 1.71 bits per heavy atom. The standard InChI is InChI=1S/C14H30N4O4S.HI/c1-6-15-12(16-8-7-11-23(5,20)21)17-9-10-18-13(19)22-14(2,3)4;/h6-11H2,1-5H3,(H,18,19)(H2,15,16,17);1H. The van der Waals surface area contributed by atoms with Crippen LogP contribution in [0.15, 0.2) is 4.99 Å². The molecular weight excluding hydrogens is 447 g/mol. The molecule has 10 heteroatoms. The first kappa shape index (κ1) is 25.5. The zero-order valence-corrected chi connectivity index (χ0v) is 18.3. The molecule has 1 amide bonds. The summed E-state index contributed by atoms with van der Waals surface area (Å²) < 4.78 is 27.2. The van der Waals surface area contributed by atoms with Gasteiger partial charge in [-0.15, -0.1) is 24.0 Å². The van der Waals surface area contributed by atoms with Crippen LogP contribution >= 0.6 is 24.0 Å². The van der Waals surface area contributed by atoms with Crippen molar-refractivity contribution < 1.29 is 17.9 Å². The van der Waals surface area contributed by atoms with Crippen molar-refractivity contribution in [3.63, 3.8) is 0 Å². The van der Waals surface area contributed by atoms with E-state index >= 15 is 0 Å². The van der Waals surface area contributed by atoms with E-state index in [0.717, 1.165) is 0 Å². The number of rotatable bonds is 8. The molecule has 0 radical (unpaired) electrons. The van der Waals surface area contributed by atoms with Gasteiger partial charge in [0.05, 0.1) is 5.75 Å². The van der Waals surface area contributed by atoms with E-state index in [9.17, 15) is 13.2 Å². The van der Waals surface area contributed by atoms with Crippen LogP contribution in [0.5, 0.6) is 0 Å². The lowest BCUT2D eigenvalue weighted by Crippen LogP contribution is -2.42. The average Bonchev–Trinajstić information content (AvgIpc) is 2.36. The zero-order valence-electron chi connectivity index (χ0n) is 15.1. The number of hydrogen-bond donors (Lipinski definition) is 3. The number of halogens is 1. The Morgan fingerprint density at radius 1 is 1.12 bits per heavy atom. The van der Waals surface area contributed by atoms with Crippen molar-refractivity contribution in [3.05, 3.63) is 0 Å². The van der Waals surface area contributed by atoms with Gasteiger partial charge < -0.3 is 20.7 Å². The summed E-state index contributed by atoms with van der Waals surface area (Å²) in [6.45, 7) is 9.33. The van der Waals surface area contributed by atoms with Crippen molar-refractivity contribution in [1.29, 1.82) is 0 Å². The van der Waals surface area contributed by atoms with E-state index in [1.54, 1.807) is 20.8 Å². The lowest BCUT2D eigenvalue weighted by Gasteiger charge is -2.19. The van der Waals surface area contributed by atoms with Crippen LogP contribution in [0.3, 0.4) is 0 Å². The second kappa shape index (κ2) is 12.6. The monoisotopic (exact) mass is 478 g/mol. The third-order valence-corrected chi connectivity index (χ3v) is 3.40. The van der Waals surface area contributed by atoms with Crippen LogP contribution < -0.4 is 16.0 Å². The van der Waals surface area contributed by atoms with Gasteiger partial charge in [-0.05, 0) is 34.1 Å². The highest BCUT2D eigenvalue weighted by Gasteiger charge is 2.15. The van der Waals surface area contributed by atoms with Gasteiger partial charge in [0, 0.05) is 32.4 Å². The Hall–Kier alpha value is -0.780. The van der Waals surface area contributed by atoms with Crippen molar-refractivity contribution in [1.82, 2.24) is 16.0 Å². The minimum absolute atomic E-state index is 0. The first-order valence-corrected chi connectivity index (χ1v) is 9.76. The Balaban J connectivity index is 0. The SMILES string of the molecule is CCNC(=NCCCS(C)(=O)=O)NCCNC(=O)OC(C)(C)C.I. The van der Waals surface area contributed by atoms with E-state index in [4.69, 9.17) is 4.74 Å². The molecule has 0 saturated heterocycles.